The third-order valence-corrected chi connectivity index (χ3v) is 3.50. The average molecular weight is 320 g/mol. The number of nitrogens with zero attached hydrogens (tertiary/aromatic N) is 1. The lowest BCUT2D eigenvalue weighted by atomic mass is 10.0. The minimum absolute atomic E-state index is 0.140. The lowest BCUT2D eigenvalue weighted by Gasteiger charge is -2.34. The number of morpholine rings is 1. The molecule has 1 atom stereocenters. The van der Waals surface area contributed by atoms with E-state index in [0.717, 1.165) is 6.07 Å². The number of ether oxygens (including phenoxy) is 1. The Morgan fingerprint density at radius 3 is 2.76 bits per heavy atom. The molecule has 1 fully saturated rings. The van der Waals surface area contributed by atoms with Gasteiger partial charge in [0, 0.05) is 24.3 Å². The van der Waals surface area contributed by atoms with Gasteiger partial charge >= 0.3 is 6.18 Å². The molecule has 4 nitrogen and oxygen atoms in total. The molecule has 1 heterocycles. The maximum absolute atomic E-state index is 12.9. The van der Waals surface area contributed by atoms with Crippen LogP contribution in [-0.4, -0.2) is 42.5 Å². The molecule has 0 saturated carbocycles. The van der Waals surface area contributed by atoms with E-state index in [0.29, 0.717) is 25.4 Å². The quantitative estimate of drug-likeness (QED) is 0.828. The summed E-state index contributed by atoms with van der Waals surface area (Å²) in [4.78, 5) is 1.54. The summed E-state index contributed by atoms with van der Waals surface area (Å²) >= 11 is 4.72. The number of halogens is 3. The van der Waals surface area contributed by atoms with E-state index >= 15 is 0 Å². The van der Waals surface area contributed by atoms with Crippen LogP contribution in [0, 0.1) is 0 Å². The number of benzene rings is 1. The number of nitrogens with two attached hydrogens (primary N) is 1. The van der Waals surface area contributed by atoms with Crippen molar-refractivity contribution >= 4 is 22.9 Å². The highest BCUT2D eigenvalue weighted by atomic mass is 32.1. The van der Waals surface area contributed by atoms with E-state index in [2.05, 4.69) is 0 Å². The molecule has 21 heavy (non-hydrogen) atoms. The number of alkyl halides is 3. The summed E-state index contributed by atoms with van der Waals surface area (Å²) in [6.45, 7) is 1.19. The van der Waals surface area contributed by atoms with Gasteiger partial charge in [-0.1, -0.05) is 12.2 Å². The van der Waals surface area contributed by atoms with Gasteiger partial charge in [0.2, 0.25) is 0 Å². The second-order valence-corrected chi connectivity index (χ2v) is 5.15. The Morgan fingerprint density at radius 1 is 1.48 bits per heavy atom. The van der Waals surface area contributed by atoms with Gasteiger partial charge in [0.15, 0.2) is 0 Å². The molecular formula is C13H15F3N2O2S. The number of hydrogen-bond acceptors (Lipinski definition) is 4. The van der Waals surface area contributed by atoms with Gasteiger partial charge in [0.25, 0.3) is 0 Å². The van der Waals surface area contributed by atoms with Crippen LogP contribution in [-0.2, 0) is 10.9 Å². The first-order chi connectivity index (χ1) is 9.82. The zero-order chi connectivity index (χ0) is 15.6. The number of aliphatic hydroxyl groups is 1. The molecule has 0 aliphatic carbocycles. The molecule has 0 bridgehead atoms. The Balaban J connectivity index is 2.34. The Hall–Kier alpha value is -1.38. The smallest absolute Gasteiger partial charge is 0.394 e. The summed E-state index contributed by atoms with van der Waals surface area (Å²) in [5.74, 6) is 0. The molecule has 1 aliphatic heterocycles. The minimum Gasteiger partial charge on any atom is -0.394 e. The van der Waals surface area contributed by atoms with Crippen LogP contribution in [0.3, 0.4) is 0 Å². The molecule has 0 radical (unpaired) electrons. The Kier molecular flexibility index (Phi) is 4.70. The summed E-state index contributed by atoms with van der Waals surface area (Å²) in [5.41, 5.74) is 4.95. The summed E-state index contributed by atoms with van der Waals surface area (Å²) in [7, 11) is 0. The third kappa shape index (κ3) is 3.63. The van der Waals surface area contributed by atoms with E-state index in [-0.39, 0.29) is 23.3 Å². The van der Waals surface area contributed by atoms with Gasteiger partial charge in [-0.25, -0.2) is 0 Å². The van der Waals surface area contributed by atoms with Gasteiger partial charge in [-0.15, -0.1) is 0 Å². The van der Waals surface area contributed by atoms with Gasteiger partial charge < -0.3 is 20.5 Å². The van der Waals surface area contributed by atoms with E-state index in [4.69, 9.17) is 27.8 Å². The van der Waals surface area contributed by atoms with Crippen molar-refractivity contribution in [3.8, 4) is 0 Å². The van der Waals surface area contributed by atoms with Crippen LogP contribution in [0.1, 0.15) is 11.1 Å². The van der Waals surface area contributed by atoms with Crippen molar-refractivity contribution in [2.24, 2.45) is 5.73 Å². The number of aliphatic hydroxyl groups excluding tert-OH is 1. The van der Waals surface area contributed by atoms with Crippen LogP contribution in [0.5, 0.6) is 0 Å². The molecular weight excluding hydrogens is 305 g/mol. The highest BCUT2D eigenvalue weighted by Gasteiger charge is 2.34. The average Bonchev–Trinajstić information content (AvgIpc) is 2.45. The molecule has 1 aromatic carbocycles. The number of thiocarbonyl (C=S) groups is 1. The first-order valence-electron chi connectivity index (χ1n) is 6.31. The molecule has 1 saturated heterocycles. The molecule has 1 unspecified atom stereocenters. The van der Waals surface area contributed by atoms with Crippen LogP contribution < -0.4 is 10.6 Å². The van der Waals surface area contributed by atoms with Gasteiger partial charge in [-0.2, -0.15) is 13.2 Å². The fraction of sp³-hybridized carbons (Fsp3) is 0.462. The molecule has 1 aromatic rings. The molecule has 2 rings (SSSR count). The Bertz CT molecular complexity index is 537. The standard InChI is InChI=1S/C13H15F3N2O2S/c14-13(15,16)11-2-1-8(5-10(11)12(17)21)18-3-4-20-9(6-18)7-19/h1-2,5,9,19H,3-4,6-7H2,(H2,17,21). The van der Waals surface area contributed by atoms with Crippen LogP contribution in [0.25, 0.3) is 0 Å². The zero-order valence-electron chi connectivity index (χ0n) is 11.1. The zero-order valence-corrected chi connectivity index (χ0v) is 11.9. The fourth-order valence-electron chi connectivity index (χ4n) is 2.24. The molecule has 1 aliphatic rings. The topological polar surface area (TPSA) is 58.7 Å². The van der Waals surface area contributed by atoms with Crippen LogP contribution in [0.2, 0.25) is 0 Å². The molecule has 0 aromatic heterocycles. The van der Waals surface area contributed by atoms with Crippen molar-refractivity contribution in [1.82, 2.24) is 0 Å². The fourth-order valence-corrected chi connectivity index (χ4v) is 2.41. The van der Waals surface area contributed by atoms with Crippen molar-refractivity contribution in [1.29, 1.82) is 0 Å². The molecule has 8 heteroatoms. The molecule has 116 valence electrons. The van der Waals surface area contributed by atoms with Crippen molar-refractivity contribution in [3.63, 3.8) is 0 Å². The molecule has 3 N–H and O–H groups in total. The summed E-state index contributed by atoms with van der Waals surface area (Å²) in [5, 5.41) is 9.11. The predicted octanol–water partition coefficient (Wildman–Crippen LogP) is 1.54. The molecule has 0 spiro atoms. The number of rotatable bonds is 3. The van der Waals surface area contributed by atoms with Gasteiger partial charge in [0.1, 0.15) is 4.99 Å². The number of anilines is 1. The summed E-state index contributed by atoms with van der Waals surface area (Å²) < 4.78 is 44.1. The first-order valence-corrected chi connectivity index (χ1v) is 6.72. The Labute approximate surface area is 125 Å². The van der Waals surface area contributed by atoms with E-state index in [1.54, 1.807) is 0 Å². The van der Waals surface area contributed by atoms with E-state index < -0.39 is 11.7 Å². The lowest BCUT2D eigenvalue weighted by molar-refractivity contribution is -0.137. The predicted molar refractivity (Wildman–Crippen MR) is 76.4 cm³/mol. The monoisotopic (exact) mass is 320 g/mol. The largest absolute Gasteiger partial charge is 0.417 e. The maximum atomic E-state index is 12.9. The van der Waals surface area contributed by atoms with Crippen LogP contribution >= 0.6 is 12.2 Å². The van der Waals surface area contributed by atoms with Crippen molar-refractivity contribution in [2.45, 2.75) is 12.3 Å². The summed E-state index contributed by atoms with van der Waals surface area (Å²) in [6.07, 6.45) is -4.86. The van der Waals surface area contributed by atoms with E-state index in [9.17, 15) is 13.2 Å². The van der Waals surface area contributed by atoms with Crippen molar-refractivity contribution in [3.05, 3.63) is 29.3 Å². The second-order valence-electron chi connectivity index (χ2n) is 4.71. The van der Waals surface area contributed by atoms with E-state index in [1.165, 1.54) is 12.1 Å². The summed E-state index contributed by atoms with van der Waals surface area (Å²) in [6, 6.07) is 3.70. The van der Waals surface area contributed by atoms with Crippen molar-refractivity contribution in [2.75, 3.05) is 31.2 Å². The lowest BCUT2D eigenvalue weighted by Crippen LogP contribution is -2.44. The molecule has 0 amide bonds. The first kappa shape index (κ1) is 16.0. The normalized spacial score (nSPS) is 19.6. The van der Waals surface area contributed by atoms with Crippen molar-refractivity contribution < 1.29 is 23.0 Å². The highest BCUT2D eigenvalue weighted by molar-refractivity contribution is 7.80. The van der Waals surface area contributed by atoms with E-state index in [1.807, 2.05) is 4.90 Å². The minimum atomic E-state index is -4.50. The third-order valence-electron chi connectivity index (χ3n) is 3.28. The van der Waals surface area contributed by atoms with Gasteiger partial charge in [-0.3, -0.25) is 0 Å². The van der Waals surface area contributed by atoms with Crippen LogP contribution in [0.4, 0.5) is 18.9 Å². The SMILES string of the molecule is NC(=S)c1cc(N2CCOC(CO)C2)ccc1C(F)(F)F. The highest BCUT2D eigenvalue weighted by Crippen LogP contribution is 2.34. The second kappa shape index (κ2) is 6.17. The Morgan fingerprint density at radius 2 is 2.19 bits per heavy atom. The number of hydrogen-bond donors (Lipinski definition) is 2. The van der Waals surface area contributed by atoms with Crippen LogP contribution in [0.15, 0.2) is 18.2 Å². The van der Waals surface area contributed by atoms with Gasteiger partial charge in [0.05, 0.1) is 24.9 Å². The van der Waals surface area contributed by atoms with Gasteiger partial charge in [-0.05, 0) is 18.2 Å². The maximum Gasteiger partial charge on any atom is 0.417 e.